The molecule has 0 aliphatic rings. The van der Waals surface area contributed by atoms with Gasteiger partial charge in [0.05, 0.1) is 17.8 Å². The van der Waals surface area contributed by atoms with E-state index in [2.05, 4.69) is 15.0 Å². The fraction of sp³-hybridized carbons (Fsp3) is 0.250. The summed E-state index contributed by atoms with van der Waals surface area (Å²) in [5.41, 5.74) is -0.172. The maximum Gasteiger partial charge on any atom is 0.332 e. The van der Waals surface area contributed by atoms with Crippen LogP contribution in [0, 0.1) is 6.92 Å². The molecule has 2 heterocycles. The molecular weight excluding hydrogens is 436 g/mol. The summed E-state index contributed by atoms with van der Waals surface area (Å²) in [6.07, 6.45) is 4.61. The summed E-state index contributed by atoms with van der Waals surface area (Å²) in [4.78, 5) is 38.7. The molecule has 0 amide bonds. The summed E-state index contributed by atoms with van der Waals surface area (Å²) >= 11 is 0. The SMILES string of the molecule is CCOC(=O)/C=C/n1c(/N=C/N(C)C)nc2c(ncn2S(=O)(=O)c2ccc(C)cc2)c1=O. The highest BCUT2D eigenvalue weighted by atomic mass is 32.2. The Morgan fingerprint density at radius 1 is 1.25 bits per heavy atom. The topological polar surface area (TPSA) is 129 Å². The molecule has 0 unspecified atom stereocenters. The first-order chi connectivity index (χ1) is 15.1. The number of aromatic nitrogens is 4. The van der Waals surface area contributed by atoms with E-state index in [0.29, 0.717) is 0 Å². The molecule has 1 aromatic carbocycles. The molecule has 3 rings (SSSR count). The molecule has 11 nitrogen and oxygen atoms in total. The summed E-state index contributed by atoms with van der Waals surface area (Å²) in [5, 5.41) is 0. The molecule has 2 aromatic heterocycles. The van der Waals surface area contributed by atoms with Gasteiger partial charge in [-0.1, -0.05) is 17.7 Å². The number of imidazole rings is 1. The maximum absolute atomic E-state index is 13.1. The van der Waals surface area contributed by atoms with E-state index < -0.39 is 21.6 Å². The van der Waals surface area contributed by atoms with Crippen LogP contribution in [0.1, 0.15) is 12.5 Å². The van der Waals surface area contributed by atoms with Crippen molar-refractivity contribution in [3.05, 3.63) is 52.6 Å². The Balaban J connectivity index is 2.23. The lowest BCUT2D eigenvalue weighted by atomic mass is 10.2. The van der Waals surface area contributed by atoms with Gasteiger partial charge in [0.25, 0.3) is 15.6 Å². The molecule has 0 aliphatic carbocycles. The third-order valence-corrected chi connectivity index (χ3v) is 5.84. The number of carbonyl (C=O) groups is 1. The molecule has 32 heavy (non-hydrogen) atoms. The largest absolute Gasteiger partial charge is 0.463 e. The van der Waals surface area contributed by atoms with Crippen LogP contribution in [0.5, 0.6) is 0 Å². The number of esters is 1. The van der Waals surface area contributed by atoms with Crippen molar-refractivity contribution in [3.8, 4) is 0 Å². The second kappa shape index (κ2) is 9.14. The molecule has 12 heteroatoms. The molecule has 0 radical (unpaired) electrons. The van der Waals surface area contributed by atoms with Crippen molar-refractivity contribution in [2.24, 2.45) is 4.99 Å². The molecule has 0 bridgehead atoms. The number of ether oxygens (including phenoxy) is 1. The predicted molar refractivity (Wildman–Crippen MR) is 119 cm³/mol. The first-order valence-electron chi connectivity index (χ1n) is 9.52. The van der Waals surface area contributed by atoms with E-state index in [0.717, 1.165) is 32.7 Å². The smallest absolute Gasteiger partial charge is 0.332 e. The van der Waals surface area contributed by atoms with Gasteiger partial charge in [-0.15, -0.1) is 0 Å². The van der Waals surface area contributed by atoms with Crippen molar-refractivity contribution in [1.29, 1.82) is 0 Å². The number of hydrogen-bond donors (Lipinski definition) is 0. The first-order valence-corrected chi connectivity index (χ1v) is 11.0. The number of nitrogens with zero attached hydrogens (tertiary/aromatic N) is 6. The van der Waals surface area contributed by atoms with Crippen LogP contribution in [0.15, 0.2) is 51.4 Å². The third-order valence-electron chi connectivity index (χ3n) is 4.18. The average Bonchev–Trinajstić information content (AvgIpc) is 3.17. The number of hydrogen-bond acceptors (Lipinski definition) is 8. The van der Waals surface area contributed by atoms with Gasteiger partial charge in [0.15, 0.2) is 11.2 Å². The Morgan fingerprint density at radius 2 is 1.94 bits per heavy atom. The molecule has 0 fully saturated rings. The molecule has 0 aliphatic heterocycles. The van der Waals surface area contributed by atoms with Gasteiger partial charge in [-0.25, -0.2) is 31.7 Å². The van der Waals surface area contributed by atoms with E-state index in [1.807, 2.05) is 6.92 Å². The minimum Gasteiger partial charge on any atom is -0.463 e. The Morgan fingerprint density at radius 3 is 2.56 bits per heavy atom. The third kappa shape index (κ3) is 4.59. The minimum absolute atomic E-state index is 0.0222. The highest BCUT2D eigenvalue weighted by Crippen LogP contribution is 2.20. The quantitative estimate of drug-likeness (QED) is 0.225. The molecular formula is C20H22N6O5S. The van der Waals surface area contributed by atoms with Gasteiger partial charge in [0.2, 0.25) is 5.95 Å². The van der Waals surface area contributed by atoms with Crippen molar-refractivity contribution >= 4 is 45.6 Å². The summed E-state index contributed by atoms with van der Waals surface area (Å²) in [6, 6.07) is 6.26. The van der Waals surface area contributed by atoms with E-state index in [9.17, 15) is 18.0 Å². The van der Waals surface area contributed by atoms with Gasteiger partial charge in [0.1, 0.15) is 6.33 Å². The zero-order valence-corrected chi connectivity index (χ0v) is 18.8. The second-order valence-corrected chi connectivity index (χ2v) is 8.71. The Bertz CT molecular complexity index is 1370. The average molecular weight is 459 g/mol. The summed E-state index contributed by atoms with van der Waals surface area (Å²) < 4.78 is 32.9. The van der Waals surface area contributed by atoms with E-state index >= 15 is 0 Å². The zero-order chi connectivity index (χ0) is 23.5. The van der Waals surface area contributed by atoms with Crippen LogP contribution in [-0.4, -0.2) is 64.8 Å². The number of carbonyl (C=O) groups excluding carboxylic acids is 1. The minimum atomic E-state index is -4.06. The van der Waals surface area contributed by atoms with Crippen LogP contribution in [0.25, 0.3) is 17.4 Å². The number of benzene rings is 1. The van der Waals surface area contributed by atoms with Gasteiger partial charge < -0.3 is 9.64 Å². The summed E-state index contributed by atoms with van der Waals surface area (Å²) in [5.74, 6) is -0.799. The van der Waals surface area contributed by atoms with E-state index in [4.69, 9.17) is 4.74 Å². The fourth-order valence-corrected chi connectivity index (χ4v) is 3.88. The van der Waals surface area contributed by atoms with Crippen LogP contribution in [0.3, 0.4) is 0 Å². The molecule has 3 aromatic rings. The van der Waals surface area contributed by atoms with Gasteiger partial charge in [-0.2, -0.15) is 4.98 Å². The van der Waals surface area contributed by atoms with Gasteiger partial charge >= 0.3 is 5.97 Å². The molecule has 0 saturated heterocycles. The summed E-state index contributed by atoms with van der Waals surface area (Å²) in [6.45, 7) is 3.66. The lowest BCUT2D eigenvalue weighted by Gasteiger charge is -2.09. The molecule has 168 valence electrons. The van der Waals surface area contributed by atoms with Crippen LogP contribution >= 0.6 is 0 Å². The second-order valence-electron chi connectivity index (χ2n) is 6.89. The van der Waals surface area contributed by atoms with Crippen LogP contribution in [0.2, 0.25) is 0 Å². The molecule has 0 N–H and O–H groups in total. The Kier molecular flexibility index (Phi) is 6.53. The molecule has 0 saturated carbocycles. The van der Waals surface area contributed by atoms with Crippen molar-refractivity contribution in [3.63, 3.8) is 0 Å². The van der Waals surface area contributed by atoms with Crippen LogP contribution < -0.4 is 5.56 Å². The van der Waals surface area contributed by atoms with E-state index in [1.54, 1.807) is 38.1 Å². The van der Waals surface area contributed by atoms with Gasteiger partial charge in [0, 0.05) is 26.4 Å². The van der Waals surface area contributed by atoms with Crippen LogP contribution in [-0.2, 0) is 19.6 Å². The Hall–Kier alpha value is -3.80. The standard InChI is InChI=1S/C20H22N6O5S/c1-5-31-16(27)10-11-25-19(28)17-18(23-20(25)22-12-24(3)4)26(13-21-17)32(29,30)15-8-6-14(2)7-9-15/h6-13H,5H2,1-4H3/b11-10+,22-12+. The lowest BCUT2D eigenvalue weighted by molar-refractivity contribution is -0.137. The van der Waals surface area contributed by atoms with Crippen molar-refractivity contribution in [2.45, 2.75) is 18.7 Å². The van der Waals surface area contributed by atoms with Crippen LogP contribution in [0.4, 0.5) is 5.95 Å². The molecule has 0 spiro atoms. The van der Waals surface area contributed by atoms with E-state index in [1.165, 1.54) is 18.5 Å². The Labute approximate surface area is 184 Å². The number of aliphatic imine (C=N–C) groups is 1. The number of aryl methyl sites for hydroxylation is 1. The monoisotopic (exact) mass is 458 g/mol. The van der Waals surface area contributed by atoms with Crippen molar-refractivity contribution in [1.82, 2.24) is 23.4 Å². The normalized spacial score (nSPS) is 12.1. The fourth-order valence-electron chi connectivity index (χ4n) is 2.65. The number of rotatable bonds is 7. The predicted octanol–water partition coefficient (Wildman–Crippen LogP) is 1.39. The lowest BCUT2D eigenvalue weighted by Crippen LogP contribution is -2.20. The zero-order valence-electron chi connectivity index (χ0n) is 18.0. The first kappa shape index (κ1) is 22.9. The summed E-state index contributed by atoms with van der Waals surface area (Å²) in [7, 11) is -0.634. The van der Waals surface area contributed by atoms with Crippen molar-refractivity contribution in [2.75, 3.05) is 20.7 Å². The highest BCUT2D eigenvalue weighted by Gasteiger charge is 2.23. The highest BCUT2D eigenvalue weighted by molar-refractivity contribution is 7.90. The number of fused-ring (bicyclic) bond motifs is 1. The maximum atomic E-state index is 13.1. The molecule has 0 atom stereocenters. The van der Waals surface area contributed by atoms with Crippen molar-refractivity contribution < 1.29 is 17.9 Å². The van der Waals surface area contributed by atoms with Gasteiger partial charge in [-0.05, 0) is 26.0 Å². The van der Waals surface area contributed by atoms with E-state index in [-0.39, 0.29) is 28.6 Å². The van der Waals surface area contributed by atoms with Gasteiger partial charge in [-0.3, -0.25) is 4.79 Å².